The molecule has 1 saturated heterocycles. The van der Waals surface area contributed by atoms with Crippen molar-refractivity contribution in [3.8, 4) is 0 Å². The first-order valence-electron chi connectivity index (χ1n) is 3.98. The maximum Gasteiger partial charge on any atom is 0.292 e. The van der Waals surface area contributed by atoms with Crippen molar-refractivity contribution >= 4 is 15.7 Å². The second-order valence-electron chi connectivity index (χ2n) is 3.61. The van der Waals surface area contributed by atoms with E-state index in [-0.39, 0.29) is 24.3 Å². The van der Waals surface area contributed by atoms with Gasteiger partial charge in [0, 0.05) is 5.18 Å². The SMILES string of the molecule is CC1(C(=O)N=O)CCS(=O)(=O)CC1. The average molecular weight is 205 g/mol. The lowest BCUT2D eigenvalue weighted by atomic mass is 9.84. The van der Waals surface area contributed by atoms with Crippen LogP contribution >= 0.6 is 0 Å². The van der Waals surface area contributed by atoms with Gasteiger partial charge in [0.2, 0.25) is 0 Å². The fraction of sp³-hybridized carbons (Fsp3) is 0.857. The van der Waals surface area contributed by atoms with Crippen LogP contribution in [0, 0.1) is 10.3 Å². The molecule has 0 spiro atoms. The predicted octanol–water partition coefficient (Wildman–Crippen LogP) is 0.494. The summed E-state index contributed by atoms with van der Waals surface area (Å²) >= 11 is 0. The molecule has 0 aliphatic carbocycles. The van der Waals surface area contributed by atoms with E-state index in [1.807, 2.05) is 0 Å². The van der Waals surface area contributed by atoms with Crippen LogP contribution in [0.2, 0.25) is 0 Å². The lowest BCUT2D eigenvalue weighted by Crippen LogP contribution is -2.36. The largest absolute Gasteiger partial charge is 0.292 e. The van der Waals surface area contributed by atoms with Gasteiger partial charge < -0.3 is 0 Å². The molecule has 0 saturated carbocycles. The summed E-state index contributed by atoms with van der Waals surface area (Å²) in [6, 6.07) is 0. The third kappa shape index (κ3) is 2.12. The van der Waals surface area contributed by atoms with E-state index in [1.165, 1.54) is 0 Å². The summed E-state index contributed by atoms with van der Waals surface area (Å²) in [4.78, 5) is 21.0. The van der Waals surface area contributed by atoms with Crippen molar-refractivity contribution in [3.05, 3.63) is 4.91 Å². The Labute approximate surface area is 76.4 Å². The van der Waals surface area contributed by atoms with Crippen molar-refractivity contribution in [1.82, 2.24) is 0 Å². The van der Waals surface area contributed by atoms with Crippen molar-refractivity contribution in [2.75, 3.05) is 11.5 Å². The smallest absolute Gasteiger partial charge is 0.268 e. The van der Waals surface area contributed by atoms with Crippen LogP contribution < -0.4 is 0 Å². The van der Waals surface area contributed by atoms with Crippen LogP contribution in [0.25, 0.3) is 0 Å². The summed E-state index contributed by atoms with van der Waals surface area (Å²) in [6.45, 7) is 1.59. The van der Waals surface area contributed by atoms with Crippen molar-refractivity contribution in [3.63, 3.8) is 0 Å². The summed E-state index contributed by atoms with van der Waals surface area (Å²) in [5.74, 6) is -0.780. The Balaban J connectivity index is 2.78. The second-order valence-corrected chi connectivity index (χ2v) is 5.91. The van der Waals surface area contributed by atoms with Gasteiger partial charge in [-0.05, 0) is 12.8 Å². The normalized spacial score (nSPS) is 25.0. The van der Waals surface area contributed by atoms with Gasteiger partial charge in [-0.3, -0.25) is 4.79 Å². The Morgan fingerprint density at radius 2 is 1.77 bits per heavy atom. The molecule has 0 aromatic heterocycles. The molecule has 1 aliphatic rings. The summed E-state index contributed by atoms with van der Waals surface area (Å²) < 4.78 is 22.1. The molecular weight excluding hydrogens is 194 g/mol. The number of carbonyl (C=O) groups is 1. The van der Waals surface area contributed by atoms with E-state index in [0.717, 1.165) is 0 Å². The van der Waals surface area contributed by atoms with Crippen LogP contribution in [0.15, 0.2) is 5.18 Å². The number of carbonyl (C=O) groups excluding carboxylic acids is 1. The van der Waals surface area contributed by atoms with Crippen LogP contribution in [0.3, 0.4) is 0 Å². The molecule has 1 rings (SSSR count). The monoisotopic (exact) mass is 205 g/mol. The number of sulfone groups is 1. The fourth-order valence-electron chi connectivity index (χ4n) is 1.31. The van der Waals surface area contributed by atoms with Gasteiger partial charge in [-0.2, -0.15) is 0 Å². The highest BCUT2D eigenvalue weighted by atomic mass is 32.2. The van der Waals surface area contributed by atoms with Gasteiger partial charge in [0.1, 0.15) is 9.84 Å². The van der Waals surface area contributed by atoms with Crippen molar-refractivity contribution in [2.45, 2.75) is 19.8 Å². The zero-order chi connectivity index (χ0) is 10.1. The van der Waals surface area contributed by atoms with E-state index in [2.05, 4.69) is 5.18 Å². The molecule has 1 fully saturated rings. The molecule has 1 amide bonds. The summed E-state index contributed by atoms with van der Waals surface area (Å²) in [5, 5.41) is 2.35. The van der Waals surface area contributed by atoms with Gasteiger partial charge >= 0.3 is 0 Å². The highest BCUT2D eigenvalue weighted by Gasteiger charge is 2.39. The van der Waals surface area contributed by atoms with Crippen molar-refractivity contribution in [1.29, 1.82) is 0 Å². The van der Waals surface area contributed by atoms with Crippen LogP contribution in [-0.4, -0.2) is 25.8 Å². The number of rotatable bonds is 1. The lowest BCUT2D eigenvalue weighted by molar-refractivity contribution is -0.127. The Hall–Kier alpha value is -0.780. The number of nitrogens with zero attached hydrogens (tertiary/aromatic N) is 1. The third-order valence-electron chi connectivity index (χ3n) is 2.53. The van der Waals surface area contributed by atoms with Gasteiger partial charge in [0.05, 0.1) is 16.9 Å². The summed E-state index contributed by atoms with van der Waals surface area (Å²) in [5.41, 5.74) is -0.854. The minimum absolute atomic E-state index is 0.0231. The van der Waals surface area contributed by atoms with Gasteiger partial charge in [-0.1, -0.05) is 6.92 Å². The molecule has 0 N–H and O–H groups in total. The van der Waals surface area contributed by atoms with E-state index in [9.17, 15) is 18.1 Å². The highest BCUT2D eigenvalue weighted by Crippen LogP contribution is 2.33. The standard InChI is InChI=1S/C7H11NO4S/c1-7(6(9)8-10)2-4-13(11,12)5-3-7/h2-5H2,1H3. The highest BCUT2D eigenvalue weighted by molar-refractivity contribution is 7.91. The molecule has 1 aliphatic heterocycles. The number of amides is 1. The Morgan fingerprint density at radius 3 is 2.15 bits per heavy atom. The van der Waals surface area contributed by atoms with Gasteiger partial charge in [-0.25, -0.2) is 8.42 Å². The maximum absolute atomic E-state index is 11.0. The Bertz CT molecular complexity index is 318. The van der Waals surface area contributed by atoms with Gasteiger partial charge in [0.25, 0.3) is 5.91 Å². The molecule has 1 heterocycles. The Kier molecular flexibility index (Phi) is 2.51. The van der Waals surface area contributed by atoms with E-state index < -0.39 is 21.2 Å². The number of nitroso groups, excluding NO2 is 1. The maximum atomic E-state index is 11.0. The van der Waals surface area contributed by atoms with E-state index in [1.54, 1.807) is 6.92 Å². The first-order chi connectivity index (χ1) is 5.90. The Morgan fingerprint density at radius 1 is 1.31 bits per heavy atom. The predicted molar refractivity (Wildman–Crippen MR) is 46.8 cm³/mol. The molecule has 0 bridgehead atoms. The third-order valence-corrected chi connectivity index (χ3v) is 4.18. The molecule has 0 aromatic carbocycles. The molecule has 0 atom stereocenters. The van der Waals surface area contributed by atoms with Crippen LogP contribution in [0.1, 0.15) is 19.8 Å². The molecule has 0 aromatic rings. The zero-order valence-corrected chi connectivity index (χ0v) is 8.13. The summed E-state index contributed by atoms with van der Waals surface area (Å²) in [7, 11) is -2.99. The molecule has 74 valence electrons. The molecule has 0 unspecified atom stereocenters. The fourth-order valence-corrected chi connectivity index (χ4v) is 3.04. The van der Waals surface area contributed by atoms with Crippen LogP contribution in [0.5, 0.6) is 0 Å². The van der Waals surface area contributed by atoms with E-state index >= 15 is 0 Å². The van der Waals surface area contributed by atoms with Crippen molar-refractivity contribution in [2.24, 2.45) is 10.6 Å². The van der Waals surface area contributed by atoms with Gasteiger partial charge in [-0.15, -0.1) is 4.91 Å². The topological polar surface area (TPSA) is 80.6 Å². The average Bonchev–Trinajstić information content (AvgIpc) is 2.09. The van der Waals surface area contributed by atoms with E-state index in [0.29, 0.717) is 0 Å². The number of hydrogen-bond acceptors (Lipinski definition) is 4. The van der Waals surface area contributed by atoms with Crippen LogP contribution in [-0.2, 0) is 14.6 Å². The second kappa shape index (κ2) is 3.17. The number of hydrogen-bond donors (Lipinski definition) is 0. The summed E-state index contributed by atoms with van der Waals surface area (Å²) in [6.07, 6.45) is 0.416. The first kappa shape index (κ1) is 10.3. The molecule has 5 nitrogen and oxygen atoms in total. The molecule has 0 radical (unpaired) electrons. The quantitative estimate of drug-likeness (QED) is 0.583. The molecular formula is C7H11NO4S. The minimum atomic E-state index is -2.99. The molecule has 13 heavy (non-hydrogen) atoms. The lowest BCUT2D eigenvalue weighted by Gasteiger charge is -2.28. The first-order valence-corrected chi connectivity index (χ1v) is 5.80. The van der Waals surface area contributed by atoms with E-state index in [4.69, 9.17) is 0 Å². The van der Waals surface area contributed by atoms with Crippen LogP contribution in [0.4, 0.5) is 0 Å². The van der Waals surface area contributed by atoms with Crippen molar-refractivity contribution < 1.29 is 13.2 Å². The van der Waals surface area contributed by atoms with Gasteiger partial charge in [0.15, 0.2) is 0 Å². The molecule has 6 heteroatoms. The minimum Gasteiger partial charge on any atom is -0.268 e. The zero-order valence-electron chi connectivity index (χ0n) is 7.32.